The Morgan fingerprint density at radius 1 is 1.47 bits per heavy atom. The molecule has 0 saturated heterocycles. The molecule has 0 aliphatic heterocycles. The molecule has 0 aromatic rings. The van der Waals surface area contributed by atoms with E-state index in [2.05, 4.69) is 5.32 Å². The molecule has 1 aliphatic carbocycles. The molecule has 0 heterocycles. The average molecular weight is 214 g/mol. The molecule has 2 N–H and O–H groups in total. The minimum absolute atomic E-state index is 0.0584. The number of nitrogens with zero attached hydrogens (tertiary/aromatic N) is 1. The van der Waals surface area contributed by atoms with Crippen molar-refractivity contribution in [2.24, 2.45) is 0 Å². The summed E-state index contributed by atoms with van der Waals surface area (Å²) in [5.74, 6) is -0.769. The first-order valence-corrected chi connectivity index (χ1v) is 5.37. The van der Waals surface area contributed by atoms with Crippen molar-refractivity contribution < 1.29 is 14.7 Å². The maximum Gasteiger partial charge on any atom is 0.304 e. The summed E-state index contributed by atoms with van der Waals surface area (Å²) >= 11 is 0. The number of aliphatic carboxylic acids is 1. The van der Waals surface area contributed by atoms with Crippen LogP contribution in [0.2, 0.25) is 0 Å². The highest BCUT2D eigenvalue weighted by molar-refractivity contribution is 5.79. The molecular formula is C10H18N2O3. The van der Waals surface area contributed by atoms with Gasteiger partial charge in [0.25, 0.3) is 0 Å². The number of likely N-dealkylation sites (N-methyl/N-ethyl adjacent to an activating group) is 1. The van der Waals surface area contributed by atoms with Crippen molar-refractivity contribution in [1.82, 2.24) is 10.2 Å². The molecule has 0 unspecified atom stereocenters. The second kappa shape index (κ2) is 5.70. The Kier molecular flexibility index (Phi) is 4.55. The summed E-state index contributed by atoms with van der Waals surface area (Å²) in [5.41, 5.74) is 0. The van der Waals surface area contributed by atoms with E-state index >= 15 is 0 Å². The molecule has 0 bridgehead atoms. The lowest BCUT2D eigenvalue weighted by molar-refractivity contribution is -0.137. The molecule has 5 heteroatoms. The molecule has 0 aromatic heterocycles. The summed E-state index contributed by atoms with van der Waals surface area (Å²) in [6, 6.07) is 0.434. The summed E-state index contributed by atoms with van der Waals surface area (Å²) in [5, 5.41) is 11.2. The van der Waals surface area contributed by atoms with E-state index in [1.807, 2.05) is 11.8 Å². The Labute approximate surface area is 89.4 Å². The highest BCUT2D eigenvalue weighted by Crippen LogP contribution is 2.26. The maximum atomic E-state index is 11.6. The lowest BCUT2D eigenvalue weighted by atomic mass is 10.4. The normalized spacial score (nSPS) is 15.0. The Bertz CT molecular complexity index is 239. The first kappa shape index (κ1) is 12.0. The van der Waals surface area contributed by atoms with Gasteiger partial charge in [0.05, 0.1) is 13.0 Å². The molecule has 0 atom stereocenters. The third-order valence-corrected chi connectivity index (χ3v) is 2.44. The van der Waals surface area contributed by atoms with E-state index in [9.17, 15) is 9.59 Å². The quantitative estimate of drug-likeness (QED) is 0.588. The second-order valence-corrected chi connectivity index (χ2v) is 3.73. The van der Waals surface area contributed by atoms with Gasteiger partial charge in [-0.25, -0.2) is 0 Å². The molecule has 1 rings (SSSR count). The van der Waals surface area contributed by atoms with Crippen LogP contribution in [-0.4, -0.2) is 47.6 Å². The summed E-state index contributed by atoms with van der Waals surface area (Å²) in [7, 11) is 0. The van der Waals surface area contributed by atoms with E-state index in [0.29, 0.717) is 12.6 Å². The van der Waals surface area contributed by atoms with Crippen molar-refractivity contribution in [3.63, 3.8) is 0 Å². The van der Waals surface area contributed by atoms with Crippen LogP contribution in [0.3, 0.4) is 0 Å². The minimum Gasteiger partial charge on any atom is -0.481 e. The molecule has 0 spiro atoms. The van der Waals surface area contributed by atoms with E-state index in [0.717, 1.165) is 19.4 Å². The Balaban J connectivity index is 2.13. The predicted molar refractivity (Wildman–Crippen MR) is 55.5 cm³/mol. The maximum absolute atomic E-state index is 11.6. The third kappa shape index (κ3) is 4.29. The van der Waals surface area contributed by atoms with Crippen LogP contribution in [0.4, 0.5) is 0 Å². The van der Waals surface area contributed by atoms with Crippen LogP contribution in [0.1, 0.15) is 26.2 Å². The monoisotopic (exact) mass is 214 g/mol. The predicted octanol–water partition coefficient (Wildman–Crippen LogP) is 0.0616. The number of carbonyl (C=O) groups excluding carboxylic acids is 1. The number of hydrogen-bond acceptors (Lipinski definition) is 3. The van der Waals surface area contributed by atoms with Crippen LogP contribution in [-0.2, 0) is 9.59 Å². The lowest BCUT2D eigenvalue weighted by Gasteiger charge is -2.20. The highest BCUT2D eigenvalue weighted by atomic mass is 16.4. The molecule has 15 heavy (non-hydrogen) atoms. The van der Waals surface area contributed by atoms with Crippen LogP contribution in [0.5, 0.6) is 0 Å². The topological polar surface area (TPSA) is 69.6 Å². The van der Waals surface area contributed by atoms with Gasteiger partial charge in [-0.3, -0.25) is 9.59 Å². The molecule has 0 aromatic carbocycles. The molecule has 1 saturated carbocycles. The Morgan fingerprint density at radius 3 is 2.60 bits per heavy atom. The van der Waals surface area contributed by atoms with Crippen molar-refractivity contribution in [3.8, 4) is 0 Å². The van der Waals surface area contributed by atoms with E-state index in [1.165, 1.54) is 0 Å². The zero-order valence-electron chi connectivity index (χ0n) is 9.03. The van der Waals surface area contributed by atoms with Gasteiger partial charge in [0, 0.05) is 19.1 Å². The third-order valence-electron chi connectivity index (χ3n) is 2.44. The van der Waals surface area contributed by atoms with E-state index in [4.69, 9.17) is 5.11 Å². The Morgan fingerprint density at radius 2 is 2.13 bits per heavy atom. The summed E-state index contributed by atoms with van der Waals surface area (Å²) < 4.78 is 0. The number of carbonyl (C=O) groups is 2. The molecule has 86 valence electrons. The fourth-order valence-electron chi connectivity index (χ4n) is 1.52. The molecule has 1 amide bonds. The van der Waals surface area contributed by atoms with Crippen LogP contribution in [0.15, 0.2) is 0 Å². The van der Waals surface area contributed by atoms with E-state index < -0.39 is 5.97 Å². The average Bonchev–Trinajstić information content (AvgIpc) is 2.97. The van der Waals surface area contributed by atoms with Crippen LogP contribution in [0, 0.1) is 0 Å². The molecular weight excluding hydrogens is 196 g/mol. The zero-order chi connectivity index (χ0) is 11.3. The van der Waals surface area contributed by atoms with Gasteiger partial charge in [-0.15, -0.1) is 0 Å². The Hall–Kier alpha value is -1.10. The van der Waals surface area contributed by atoms with E-state index in [1.54, 1.807) is 0 Å². The highest BCUT2D eigenvalue weighted by Gasteiger charge is 2.30. The second-order valence-electron chi connectivity index (χ2n) is 3.73. The summed E-state index contributed by atoms with van der Waals surface area (Å²) in [4.78, 5) is 23.7. The largest absolute Gasteiger partial charge is 0.481 e. The van der Waals surface area contributed by atoms with E-state index in [-0.39, 0.29) is 18.9 Å². The minimum atomic E-state index is -0.843. The number of carboxylic acid groups (broad SMARTS) is 1. The van der Waals surface area contributed by atoms with Gasteiger partial charge in [0.2, 0.25) is 5.91 Å². The first-order valence-electron chi connectivity index (χ1n) is 5.37. The van der Waals surface area contributed by atoms with Crippen molar-refractivity contribution >= 4 is 11.9 Å². The van der Waals surface area contributed by atoms with Crippen molar-refractivity contribution in [2.45, 2.75) is 32.2 Å². The van der Waals surface area contributed by atoms with Crippen LogP contribution >= 0.6 is 0 Å². The fraction of sp³-hybridized carbons (Fsp3) is 0.800. The van der Waals surface area contributed by atoms with Gasteiger partial charge in [-0.2, -0.15) is 0 Å². The molecule has 5 nitrogen and oxygen atoms in total. The molecule has 1 aliphatic rings. The standard InChI is InChI=1S/C10H18N2O3/c1-2-12(8-3-4-8)9(13)7-11-6-5-10(14)15/h8,11H,2-7H2,1H3,(H,14,15). The van der Waals surface area contributed by atoms with Crippen molar-refractivity contribution in [3.05, 3.63) is 0 Å². The fourth-order valence-corrected chi connectivity index (χ4v) is 1.52. The van der Waals surface area contributed by atoms with Gasteiger partial charge < -0.3 is 15.3 Å². The van der Waals surface area contributed by atoms with Crippen molar-refractivity contribution in [2.75, 3.05) is 19.6 Å². The first-order chi connectivity index (χ1) is 7.15. The number of rotatable bonds is 7. The molecule has 0 radical (unpaired) electrons. The van der Waals surface area contributed by atoms with Crippen LogP contribution < -0.4 is 5.32 Å². The summed E-state index contributed by atoms with van der Waals surface area (Å²) in [6.45, 7) is 3.30. The van der Waals surface area contributed by atoms with Crippen LogP contribution in [0.25, 0.3) is 0 Å². The van der Waals surface area contributed by atoms with Gasteiger partial charge in [-0.05, 0) is 19.8 Å². The lowest BCUT2D eigenvalue weighted by Crippen LogP contribution is -2.39. The molecule has 1 fully saturated rings. The zero-order valence-corrected chi connectivity index (χ0v) is 9.03. The number of amides is 1. The van der Waals surface area contributed by atoms with Gasteiger partial charge in [0.1, 0.15) is 0 Å². The number of carboxylic acids is 1. The number of nitrogens with one attached hydrogen (secondary N) is 1. The van der Waals surface area contributed by atoms with Crippen molar-refractivity contribution in [1.29, 1.82) is 0 Å². The van der Waals surface area contributed by atoms with Gasteiger partial charge in [-0.1, -0.05) is 0 Å². The summed E-state index contributed by atoms with van der Waals surface area (Å²) in [6.07, 6.45) is 2.27. The number of hydrogen-bond donors (Lipinski definition) is 2. The van der Waals surface area contributed by atoms with Gasteiger partial charge in [0.15, 0.2) is 0 Å². The SMILES string of the molecule is CCN(C(=O)CNCCC(=O)O)C1CC1. The van der Waals surface area contributed by atoms with Gasteiger partial charge >= 0.3 is 5.97 Å². The smallest absolute Gasteiger partial charge is 0.304 e.